The van der Waals surface area contributed by atoms with Crippen molar-refractivity contribution in [1.29, 1.82) is 0 Å². The molecule has 1 amide bonds. The van der Waals surface area contributed by atoms with Gasteiger partial charge in [0, 0.05) is 43.3 Å². The van der Waals surface area contributed by atoms with Gasteiger partial charge in [0.15, 0.2) is 0 Å². The molecule has 5 nitrogen and oxygen atoms in total. The minimum atomic E-state index is -0.0413. The minimum absolute atomic E-state index is 0.0413. The molecule has 1 saturated heterocycles. The molecule has 0 bridgehead atoms. The summed E-state index contributed by atoms with van der Waals surface area (Å²) in [4.78, 5) is 15.8. The van der Waals surface area contributed by atoms with E-state index in [0.717, 1.165) is 74.9 Å². The van der Waals surface area contributed by atoms with Crippen LogP contribution in [0.1, 0.15) is 66.8 Å². The Bertz CT molecular complexity index is 1060. The molecule has 2 aliphatic rings. The van der Waals surface area contributed by atoms with Gasteiger partial charge in [-0.1, -0.05) is 51.1 Å². The standard InChI is InChI=1S/C29H39N3O2/c1-21(2)25-7-5-8-26(19-25)30-29(33)27-20-28(24-11-9-22(3)10-12-24)32(23(27)4)14-6-13-31-15-17-34-18-16-31/h5,7-9,11-12,19-22H,6,10,13-18H2,1-4H3,(H,30,33). The highest BCUT2D eigenvalue weighted by atomic mass is 16.5. The van der Waals surface area contributed by atoms with Gasteiger partial charge >= 0.3 is 0 Å². The van der Waals surface area contributed by atoms with Gasteiger partial charge in [-0.15, -0.1) is 0 Å². The number of ether oxygens (including phenoxy) is 1. The quantitative estimate of drug-likeness (QED) is 0.534. The fourth-order valence-electron chi connectivity index (χ4n) is 4.77. The first-order valence-electron chi connectivity index (χ1n) is 12.7. The van der Waals surface area contributed by atoms with Gasteiger partial charge in [-0.2, -0.15) is 0 Å². The first-order chi connectivity index (χ1) is 16.4. The Balaban J connectivity index is 1.55. The second-order valence-corrected chi connectivity index (χ2v) is 9.95. The number of amides is 1. The molecule has 5 heteroatoms. The van der Waals surface area contributed by atoms with Gasteiger partial charge in [-0.25, -0.2) is 0 Å². The van der Waals surface area contributed by atoms with Crippen LogP contribution in [0, 0.1) is 12.8 Å². The van der Waals surface area contributed by atoms with Crippen LogP contribution in [0.4, 0.5) is 5.69 Å². The van der Waals surface area contributed by atoms with Crippen LogP contribution in [0.2, 0.25) is 0 Å². The van der Waals surface area contributed by atoms with Crippen molar-refractivity contribution in [2.45, 2.75) is 53.0 Å². The highest BCUT2D eigenvalue weighted by Gasteiger charge is 2.21. The van der Waals surface area contributed by atoms with Crippen molar-refractivity contribution < 1.29 is 9.53 Å². The highest BCUT2D eigenvalue weighted by Crippen LogP contribution is 2.29. The fraction of sp³-hybridized carbons (Fsp3) is 0.483. The average molecular weight is 462 g/mol. The monoisotopic (exact) mass is 461 g/mol. The Morgan fingerprint density at radius 3 is 2.68 bits per heavy atom. The van der Waals surface area contributed by atoms with E-state index in [2.05, 4.69) is 78.9 Å². The maximum atomic E-state index is 13.4. The van der Waals surface area contributed by atoms with E-state index in [4.69, 9.17) is 4.74 Å². The SMILES string of the molecule is Cc1c(C(=O)Nc2cccc(C(C)C)c2)cc(C2=CCC(C)C=C2)n1CCCN1CCOCC1. The Labute approximate surface area is 204 Å². The second-order valence-electron chi connectivity index (χ2n) is 9.95. The lowest BCUT2D eigenvalue weighted by atomic mass is 9.96. The number of allylic oxidation sites excluding steroid dienone is 4. The fourth-order valence-corrected chi connectivity index (χ4v) is 4.77. The molecule has 1 aliphatic heterocycles. The van der Waals surface area contributed by atoms with Gasteiger partial charge in [0.1, 0.15) is 0 Å². The van der Waals surface area contributed by atoms with Crippen molar-refractivity contribution in [2.24, 2.45) is 5.92 Å². The summed E-state index contributed by atoms with van der Waals surface area (Å²) in [6.07, 6.45) is 8.88. The van der Waals surface area contributed by atoms with Crippen LogP contribution in [0.5, 0.6) is 0 Å². The number of morpholine rings is 1. The number of carbonyl (C=O) groups excluding carboxylic acids is 1. The van der Waals surface area contributed by atoms with Crippen molar-refractivity contribution in [3.05, 3.63) is 71.1 Å². The van der Waals surface area contributed by atoms with Crippen molar-refractivity contribution in [1.82, 2.24) is 9.47 Å². The molecule has 2 heterocycles. The number of carbonyl (C=O) groups is 1. The average Bonchev–Trinajstić information content (AvgIpc) is 3.17. The molecule has 0 spiro atoms. The number of nitrogens with one attached hydrogen (secondary N) is 1. The van der Waals surface area contributed by atoms with Crippen LogP contribution in [0.3, 0.4) is 0 Å². The maximum Gasteiger partial charge on any atom is 0.257 e. The van der Waals surface area contributed by atoms with Gasteiger partial charge < -0.3 is 14.6 Å². The normalized spacial score (nSPS) is 18.9. The number of nitrogens with zero attached hydrogens (tertiary/aromatic N) is 2. The molecule has 1 unspecified atom stereocenters. The third kappa shape index (κ3) is 5.89. The summed E-state index contributed by atoms with van der Waals surface area (Å²) in [5.74, 6) is 0.941. The number of hydrogen-bond donors (Lipinski definition) is 1. The number of anilines is 1. The highest BCUT2D eigenvalue weighted by molar-refractivity contribution is 6.06. The first kappa shape index (κ1) is 24.5. The first-order valence-corrected chi connectivity index (χ1v) is 12.7. The van der Waals surface area contributed by atoms with Crippen LogP contribution in [-0.4, -0.2) is 48.2 Å². The predicted molar refractivity (Wildman–Crippen MR) is 140 cm³/mol. The van der Waals surface area contributed by atoms with Gasteiger partial charge in [0.05, 0.1) is 18.8 Å². The predicted octanol–water partition coefficient (Wildman–Crippen LogP) is 5.87. The number of rotatable bonds is 8. The van der Waals surface area contributed by atoms with E-state index in [1.54, 1.807) is 0 Å². The minimum Gasteiger partial charge on any atom is -0.379 e. The molecule has 1 N–H and O–H groups in total. The zero-order valence-corrected chi connectivity index (χ0v) is 21.1. The Kier molecular flexibility index (Phi) is 8.07. The second kappa shape index (κ2) is 11.2. The topological polar surface area (TPSA) is 46.5 Å². The third-order valence-corrected chi connectivity index (χ3v) is 6.99. The van der Waals surface area contributed by atoms with E-state index in [9.17, 15) is 4.79 Å². The van der Waals surface area contributed by atoms with E-state index >= 15 is 0 Å². The van der Waals surface area contributed by atoms with Crippen LogP contribution in [0.25, 0.3) is 5.57 Å². The van der Waals surface area contributed by atoms with E-state index < -0.39 is 0 Å². The van der Waals surface area contributed by atoms with Crippen molar-refractivity contribution >= 4 is 17.2 Å². The molecule has 1 aromatic heterocycles. The molecule has 4 rings (SSSR count). The summed E-state index contributed by atoms with van der Waals surface area (Å²) >= 11 is 0. The molecule has 2 aromatic rings. The molecule has 1 aliphatic carbocycles. The maximum absolute atomic E-state index is 13.4. The smallest absolute Gasteiger partial charge is 0.257 e. The molecule has 34 heavy (non-hydrogen) atoms. The summed E-state index contributed by atoms with van der Waals surface area (Å²) in [5, 5.41) is 3.14. The number of benzene rings is 1. The number of aromatic nitrogens is 1. The lowest BCUT2D eigenvalue weighted by Gasteiger charge is -2.26. The molecule has 1 fully saturated rings. The lowest BCUT2D eigenvalue weighted by Crippen LogP contribution is -2.37. The summed E-state index contributed by atoms with van der Waals surface area (Å²) in [5.41, 5.74) is 6.22. The summed E-state index contributed by atoms with van der Waals surface area (Å²) < 4.78 is 7.82. The molecule has 0 saturated carbocycles. The van der Waals surface area contributed by atoms with Crippen LogP contribution in [0.15, 0.2) is 48.6 Å². The van der Waals surface area contributed by atoms with E-state index in [1.807, 2.05) is 12.1 Å². The molecular weight excluding hydrogens is 422 g/mol. The summed E-state index contributed by atoms with van der Waals surface area (Å²) in [6, 6.07) is 10.2. The largest absolute Gasteiger partial charge is 0.379 e. The van der Waals surface area contributed by atoms with Gasteiger partial charge in [0.2, 0.25) is 0 Å². The van der Waals surface area contributed by atoms with Crippen molar-refractivity contribution in [3.8, 4) is 0 Å². The van der Waals surface area contributed by atoms with Crippen LogP contribution in [-0.2, 0) is 11.3 Å². The van der Waals surface area contributed by atoms with Crippen LogP contribution < -0.4 is 5.32 Å². The van der Waals surface area contributed by atoms with E-state index in [-0.39, 0.29) is 5.91 Å². The molecule has 1 atom stereocenters. The van der Waals surface area contributed by atoms with E-state index in [0.29, 0.717) is 11.8 Å². The summed E-state index contributed by atoms with van der Waals surface area (Å²) in [7, 11) is 0. The molecular formula is C29H39N3O2. The van der Waals surface area contributed by atoms with Gasteiger partial charge in [0.25, 0.3) is 5.91 Å². The lowest BCUT2D eigenvalue weighted by molar-refractivity contribution is 0.0369. The number of hydrogen-bond acceptors (Lipinski definition) is 3. The third-order valence-electron chi connectivity index (χ3n) is 6.99. The van der Waals surface area contributed by atoms with Gasteiger partial charge in [-0.3, -0.25) is 9.69 Å². The Morgan fingerprint density at radius 1 is 1.18 bits per heavy atom. The molecule has 1 aromatic carbocycles. The van der Waals surface area contributed by atoms with Crippen LogP contribution >= 0.6 is 0 Å². The zero-order chi connectivity index (χ0) is 24.1. The van der Waals surface area contributed by atoms with Gasteiger partial charge in [-0.05, 0) is 60.9 Å². The Hall–Kier alpha value is -2.63. The zero-order valence-electron chi connectivity index (χ0n) is 21.1. The Morgan fingerprint density at radius 2 is 1.97 bits per heavy atom. The molecule has 182 valence electrons. The van der Waals surface area contributed by atoms with Crippen molar-refractivity contribution in [2.75, 3.05) is 38.2 Å². The summed E-state index contributed by atoms with van der Waals surface area (Å²) in [6.45, 7) is 14.3. The molecule has 0 radical (unpaired) electrons. The van der Waals surface area contributed by atoms with E-state index in [1.165, 1.54) is 11.1 Å². The van der Waals surface area contributed by atoms with Crippen molar-refractivity contribution in [3.63, 3.8) is 0 Å².